The molecule has 0 aliphatic carbocycles. The molecule has 1 aliphatic heterocycles. The van der Waals surface area contributed by atoms with Crippen LogP contribution in [0.4, 0.5) is 4.39 Å². The monoisotopic (exact) mass is 609 g/mol. The van der Waals surface area contributed by atoms with Crippen LogP contribution in [0.3, 0.4) is 0 Å². The van der Waals surface area contributed by atoms with E-state index in [0.717, 1.165) is 47.2 Å². The molecule has 1 fully saturated rings. The van der Waals surface area contributed by atoms with Crippen molar-refractivity contribution in [3.63, 3.8) is 0 Å². The van der Waals surface area contributed by atoms with Crippen LogP contribution in [0.15, 0.2) is 67.1 Å². The summed E-state index contributed by atoms with van der Waals surface area (Å²) in [4.78, 5) is 19.8. The Morgan fingerprint density at radius 3 is 2.57 bits per heavy atom. The van der Waals surface area contributed by atoms with Crippen LogP contribution in [0.5, 0.6) is 0 Å². The standard InChI is InChI=1S/C33H32FN7O2S/c1-44(42,43)12-8-21-13-24(16-26(34)15-21)30-32-29(7-9-36-30)37-33(38-32)31-27-17-23(5-6-28(27)39-40-31)25-14-22(18-35-19-25)20-41-10-3-2-4-11-41/h5-7,9,13-19H,2-4,8,10-12,20H2,1H3,(H,37,38)(H,39,40). The minimum Gasteiger partial charge on any atom is -0.336 e. The molecule has 0 atom stereocenters. The lowest BCUT2D eigenvalue weighted by Gasteiger charge is -2.26. The molecule has 6 aromatic rings. The van der Waals surface area contributed by atoms with Gasteiger partial charge in [0.05, 0.1) is 22.5 Å². The molecule has 7 rings (SSSR count). The van der Waals surface area contributed by atoms with E-state index in [0.29, 0.717) is 33.9 Å². The van der Waals surface area contributed by atoms with E-state index in [9.17, 15) is 12.8 Å². The molecular formula is C33H32FN7O2S. The van der Waals surface area contributed by atoms with E-state index in [4.69, 9.17) is 4.98 Å². The zero-order valence-electron chi connectivity index (χ0n) is 24.3. The Labute approximate surface area is 254 Å². The summed E-state index contributed by atoms with van der Waals surface area (Å²) in [6.07, 6.45) is 10.7. The van der Waals surface area contributed by atoms with E-state index in [-0.39, 0.29) is 12.2 Å². The lowest BCUT2D eigenvalue weighted by atomic mass is 10.0. The third-order valence-corrected chi connectivity index (χ3v) is 9.11. The number of nitrogens with zero attached hydrogens (tertiary/aromatic N) is 5. The number of aryl methyl sites for hydroxylation is 1. The maximum Gasteiger partial charge on any atom is 0.159 e. The van der Waals surface area contributed by atoms with Gasteiger partial charge >= 0.3 is 0 Å². The first kappa shape index (κ1) is 28.3. The summed E-state index contributed by atoms with van der Waals surface area (Å²) in [5, 5.41) is 8.61. The molecule has 1 saturated heterocycles. The van der Waals surface area contributed by atoms with Crippen molar-refractivity contribution in [1.29, 1.82) is 0 Å². The highest BCUT2D eigenvalue weighted by atomic mass is 32.2. The molecule has 9 nitrogen and oxygen atoms in total. The van der Waals surface area contributed by atoms with Crippen LogP contribution in [-0.2, 0) is 22.8 Å². The summed E-state index contributed by atoms with van der Waals surface area (Å²) in [7, 11) is -3.19. The van der Waals surface area contributed by atoms with E-state index in [2.05, 4.69) is 48.2 Å². The topological polar surface area (TPSA) is 121 Å². The predicted molar refractivity (Wildman–Crippen MR) is 170 cm³/mol. The largest absolute Gasteiger partial charge is 0.336 e. The fourth-order valence-corrected chi connectivity index (χ4v) is 6.58. The molecular weight excluding hydrogens is 577 g/mol. The molecule has 0 spiro atoms. The van der Waals surface area contributed by atoms with Crippen LogP contribution in [0.2, 0.25) is 0 Å². The van der Waals surface area contributed by atoms with Gasteiger partial charge < -0.3 is 4.98 Å². The van der Waals surface area contributed by atoms with Gasteiger partial charge in [-0.05, 0) is 91.5 Å². The molecule has 11 heteroatoms. The van der Waals surface area contributed by atoms with Crippen molar-refractivity contribution in [2.75, 3.05) is 25.1 Å². The van der Waals surface area contributed by atoms with Gasteiger partial charge in [-0.2, -0.15) is 5.10 Å². The number of likely N-dealkylation sites (tertiary alicyclic amines) is 1. The Morgan fingerprint density at radius 1 is 0.886 bits per heavy atom. The molecule has 0 radical (unpaired) electrons. The van der Waals surface area contributed by atoms with Crippen molar-refractivity contribution in [2.45, 2.75) is 32.2 Å². The second kappa shape index (κ2) is 11.5. The number of aromatic nitrogens is 6. The molecule has 1 aliphatic rings. The normalized spacial score (nSPS) is 14.5. The van der Waals surface area contributed by atoms with Crippen molar-refractivity contribution in [1.82, 2.24) is 35.0 Å². The number of nitrogens with one attached hydrogen (secondary N) is 2. The summed E-state index contributed by atoms with van der Waals surface area (Å²) in [6, 6.07) is 14.7. The summed E-state index contributed by atoms with van der Waals surface area (Å²) < 4.78 is 38.0. The van der Waals surface area contributed by atoms with Crippen LogP contribution in [0, 0.1) is 5.82 Å². The number of hydrogen-bond acceptors (Lipinski definition) is 7. The van der Waals surface area contributed by atoms with Gasteiger partial charge in [-0.1, -0.05) is 12.5 Å². The van der Waals surface area contributed by atoms with Crippen molar-refractivity contribution < 1.29 is 12.8 Å². The number of fused-ring (bicyclic) bond motifs is 2. The van der Waals surface area contributed by atoms with E-state index in [1.54, 1.807) is 12.3 Å². The highest BCUT2D eigenvalue weighted by molar-refractivity contribution is 7.90. The lowest BCUT2D eigenvalue weighted by molar-refractivity contribution is 0.220. The predicted octanol–water partition coefficient (Wildman–Crippen LogP) is 5.94. The minimum absolute atomic E-state index is 0.0624. The summed E-state index contributed by atoms with van der Waals surface area (Å²) in [5.41, 5.74) is 7.74. The number of hydrogen-bond donors (Lipinski definition) is 2. The number of pyridine rings is 2. The molecule has 0 unspecified atom stereocenters. The number of H-pyrrole nitrogens is 2. The van der Waals surface area contributed by atoms with E-state index in [1.807, 2.05) is 24.5 Å². The molecule has 4 aromatic heterocycles. The van der Waals surface area contributed by atoms with Crippen molar-refractivity contribution in [2.24, 2.45) is 0 Å². The van der Waals surface area contributed by atoms with Crippen LogP contribution < -0.4 is 0 Å². The van der Waals surface area contributed by atoms with Gasteiger partial charge in [-0.3, -0.25) is 20.0 Å². The van der Waals surface area contributed by atoms with Gasteiger partial charge in [0.25, 0.3) is 0 Å². The number of imidazole rings is 1. The zero-order valence-corrected chi connectivity index (χ0v) is 25.2. The Morgan fingerprint density at radius 2 is 1.73 bits per heavy atom. The maximum atomic E-state index is 14.6. The Balaban J connectivity index is 1.23. The second-order valence-corrected chi connectivity index (χ2v) is 13.9. The average Bonchev–Trinajstić information content (AvgIpc) is 3.64. The van der Waals surface area contributed by atoms with Crippen molar-refractivity contribution >= 4 is 31.8 Å². The molecule has 224 valence electrons. The average molecular weight is 610 g/mol. The second-order valence-electron chi connectivity index (χ2n) is 11.6. The Bertz CT molecular complexity index is 2100. The molecule has 2 N–H and O–H groups in total. The third kappa shape index (κ3) is 5.97. The third-order valence-electron chi connectivity index (χ3n) is 8.16. The van der Waals surface area contributed by atoms with Gasteiger partial charge in [-0.25, -0.2) is 17.8 Å². The fraction of sp³-hybridized carbons (Fsp3) is 0.273. The van der Waals surface area contributed by atoms with Crippen LogP contribution in [0.25, 0.3) is 55.8 Å². The highest BCUT2D eigenvalue weighted by Gasteiger charge is 2.18. The number of rotatable bonds is 8. The Kier molecular flexibility index (Phi) is 7.43. The minimum atomic E-state index is -3.19. The number of halogens is 1. The first-order valence-corrected chi connectivity index (χ1v) is 16.8. The van der Waals surface area contributed by atoms with Gasteiger partial charge in [-0.15, -0.1) is 0 Å². The fourth-order valence-electron chi connectivity index (χ4n) is 5.98. The van der Waals surface area contributed by atoms with Crippen LogP contribution in [-0.4, -0.2) is 68.5 Å². The van der Waals surface area contributed by atoms with Crippen molar-refractivity contribution in [3.05, 3.63) is 84.1 Å². The quantitative estimate of drug-likeness (QED) is 0.219. The van der Waals surface area contributed by atoms with Gasteiger partial charge in [0.2, 0.25) is 0 Å². The van der Waals surface area contributed by atoms with E-state index in [1.165, 1.54) is 43.2 Å². The molecule has 0 bridgehead atoms. The van der Waals surface area contributed by atoms with Gasteiger partial charge in [0, 0.05) is 47.9 Å². The maximum absolute atomic E-state index is 14.6. The number of aromatic amines is 2. The summed E-state index contributed by atoms with van der Waals surface area (Å²) in [6.45, 7) is 3.17. The zero-order chi connectivity index (χ0) is 30.3. The Hall–Kier alpha value is -4.48. The van der Waals surface area contributed by atoms with Crippen molar-refractivity contribution in [3.8, 4) is 33.9 Å². The van der Waals surface area contributed by atoms with E-state index >= 15 is 0 Å². The smallest absolute Gasteiger partial charge is 0.159 e. The molecule has 0 saturated carbocycles. The number of benzene rings is 2. The van der Waals surface area contributed by atoms with Crippen LogP contribution in [0.1, 0.15) is 30.4 Å². The first-order chi connectivity index (χ1) is 21.3. The highest BCUT2D eigenvalue weighted by Crippen LogP contribution is 2.33. The van der Waals surface area contributed by atoms with Crippen LogP contribution >= 0.6 is 0 Å². The molecule has 5 heterocycles. The van der Waals surface area contributed by atoms with E-state index < -0.39 is 15.7 Å². The number of sulfone groups is 1. The molecule has 44 heavy (non-hydrogen) atoms. The molecule has 0 amide bonds. The summed E-state index contributed by atoms with van der Waals surface area (Å²) >= 11 is 0. The SMILES string of the molecule is CS(=O)(=O)CCc1cc(F)cc(-c2nccc3[nH]c(-c4n[nH]c5ccc(-c6cncc(CN7CCCCC7)c6)cc45)nc23)c1. The first-order valence-electron chi connectivity index (χ1n) is 14.8. The lowest BCUT2D eigenvalue weighted by Crippen LogP contribution is -2.29. The molecule has 2 aromatic carbocycles. The number of piperidine rings is 1. The van der Waals surface area contributed by atoms with Gasteiger partial charge in [0.15, 0.2) is 5.82 Å². The summed E-state index contributed by atoms with van der Waals surface area (Å²) in [5.74, 6) is 0.0387. The van der Waals surface area contributed by atoms with Gasteiger partial charge in [0.1, 0.15) is 26.9 Å².